The number of nitrogens with one attached hydrogen (secondary N) is 2. The molecule has 0 aliphatic heterocycles. The summed E-state index contributed by atoms with van der Waals surface area (Å²) in [7, 11) is 0. The minimum atomic E-state index is -0.256. The van der Waals surface area contributed by atoms with E-state index in [1.54, 1.807) is 17.8 Å². The highest BCUT2D eigenvalue weighted by Crippen LogP contribution is 2.21. The summed E-state index contributed by atoms with van der Waals surface area (Å²) in [6.45, 7) is 0. The van der Waals surface area contributed by atoms with Crippen LogP contribution < -0.4 is 10.6 Å². The molecule has 1 amide bonds. The molecule has 0 saturated carbocycles. The molecule has 4 rings (SSSR count). The third-order valence-corrected chi connectivity index (χ3v) is 4.26. The Morgan fingerprint density at radius 3 is 2.80 bits per heavy atom. The van der Waals surface area contributed by atoms with E-state index in [1.165, 1.54) is 11.3 Å². The number of rotatable bonds is 4. The van der Waals surface area contributed by atoms with Gasteiger partial charge in [-0.3, -0.25) is 9.78 Å². The predicted octanol–water partition coefficient (Wildman–Crippen LogP) is 4.08. The SMILES string of the molecule is O=C(Nc1ccc2ncccc2c1)c1csc(Nc2ccccn2)n1. The summed E-state index contributed by atoms with van der Waals surface area (Å²) in [5, 5.41) is 9.23. The maximum atomic E-state index is 12.4. The molecule has 25 heavy (non-hydrogen) atoms. The Hall–Kier alpha value is -3.32. The lowest BCUT2D eigenvalue weighted by atomic mass is 10.2. The van der Waals surface area contributed by atoms with Gasteiger partial charge in [0.05, 0.1) is 5.52 Å². The van der Waals surface area contributed by atoms with E-state index in [0.29, 0.717) is 22.3 Å². The molecule has 0 fully saturated rings. The van der Waals surface area contributed by atoms with Crippen LogP contribution in [0.25, 0.3) is 10.9 Å². The third-order valence-electron chi connectivity index (χ3n) is 3.50. The molecule has 4 aromatic rings. The molecule has 1 aromatic carbocycles. The van der Waals surface area contributed by atoms with E-state index in [-0.39, 0.29) is 5.91 Å². The van der Waals surface area contributed by atoms with Gasteiger partial charge in [-0.05, 0) is 36.4 Å². The van der Waals surface area contributed by atoms with Gasteiger partial charge in [-0.25, -0.2) is 9.97 Å². The zero-order valence-electron chi connectivity index (χ0n) is 13.0. The molecular weight excluding hydrogens is 334 g/mol. The summed E-state index contributed by atoms with van der Waals surface area (Å²) >= 11 is 1.35. The number of carbonyl (C=O) groups excluding carboxylic acids is 1. The quantitative estimate of drug-likeness (QED) is 0.581. The van der Waals surface area contributed by atoms with E-state index in [2.05, 4.69) is 25.6 Å². The molecule has 122 valence electrons. The van der Waals surface area contributed by atoms with Gasteiger partial charge in [0.1, 0.15) is 11.5 Å². The number of nitrogens with zero attached hydrogens (tertiary/aromatic N) is 3. The van der Waals surface area contributed by atoms with Gasteiger partial charge in [0.25, 0.3) is 5.91 Å². The number of hydrogen-bond acceptors (Lipinski definition) is 6. The number of fused-ring (bicyclic) bond motifs is 1. The summed E-state index contributed by atoms with van der Waals surface area (Å²) in [6.07, 6.45) is 3.43. The fourth-order valence-corrected chi connectivity index (χ4v) is 3.03. The van der Waals surface area contributed by atoms with Gasteiger partial charge < -0.3 is 10.6 Å². The summed E-state index contributed by atoms with van der Waals surface area (Å²) in [4.78, 5) is 25.1. The van der Waals surface area contributed by atoms with Gasteiger partial charge in [-0.1, -0.05) is 12.1 Å². The lowest BCUT2D eigenvalue weighted by Crippen LogP contribution is -2.12. The highest BCUT2D eigenvalue weighted by molar-refractivity contribution is 7.14. The number of anilines is 3. The van der Waals surface area contributed by atoms with Gasteiger partial charge in [0, 0.05) is 28.8 Å². The van der Waals surface area contributed by atoms with Crippen LogP contribution in [-0.2, 0) is 0 Å². The van der Waals surface area contributed by atoms with Gasteiger partial charge >= 0.3 is 0 Å². The van der Waals surface area contributed by atoms with Crippen molar-refractivity contribution < 1.29 is 4.79 Å². The first-order chi connectivity index (χ1) is 12.3. The Labute approximate surface area is 147 Å². The van der Waals surface area contributed by atoms with Crippen molar-refractivity contribution in [2.45, 2.75) is 0 Å². The van der Waals surface area contributed by atoms with Gasteiger partial charge in [0.15, 0.2) is 5.13 Å². The molecule has 3 heterocycles. The largest absolute Gasteiger partial charge is 0.321 e. The van der Waals surface area contributed by atoms with E-state index in [9.17, 15) is 4.79 Å². The van der Waals surface area contributed by atoms with Crippen molar-refractivity contribution in [2.24, 2.45) is 0 Å². The molecule has 3 aromatic heterocycles. The van der Waals surface area contributed by atoms with Crippen LogP contribution in [0.15, 0.2) is 66.3 Å². The molecule has 0 radical (unpaired) electrons. The van der Waals surface area contributed by atoms with E-state index < -0.39 is 0 Å². The van der Waals surface area contributed by atoms with Crippen LogP contribution in [0.2, 0.25) is 0 Å². The van der Waals surface area contributed by atoms with Crippen molar-refractivity contribution in [1.82, 2.24) is 15.0 Å². The summed E-state index contributed by atoms with van der Waals surface area (Å²) < 4.78 is 0. The molecule has 7 heteroatoms. The first-order valence-corrected chi connectivity index (χ1v) is 8.46. The average Bonchev–Trinajstić information content (AvgIpc) is 3.11. The smallest absolute Gasteiger partial charge is 0.275 e. The minimum Gasteiger partial charge on any atom is -0.321 e. The fraction of sp³-hybridized carbons (Fsp3) is 0. The standard InChI is InChI=1S/C18H13N5OS/c24-17(21-13-6-7-14-12(10-13)4-3-9-19-14)15-11-25-18(22-15)23-16-5-1-2-8-20-16/h1-11H,(H,21,24)(H,20,22,23). The zero-order chi connectivity index (χ0) is 17.1. The second-order valence-corrected chi connectivity index (χ2v) is 6.10. The van der Waals surface area contributed by atoms with Crippen molar-refractivity contribution in [3.05, 3.63) is 72.0 Å². The number of thiazole rings is 1. The maximum Gasteiger partial charge on any atom is 0.275 e. The highest BCUT2D eigenvalue weighted by Gasteiger charge is 2.12. The lowest BCUT2D eigenvalue weighted by molar-refractivity contribution is 0.102. The van der Waals surface area contributed by atoms with Crippen molar-refractivity contribution in [1.29, 1.82) is 0 Å². The number of carbonyl (C=O) groups is 1. The topological polar surface area (TPSA) is 79.8 Å². The van der Waals surface area contributed by atoms with E-state index in [4.69, 9.17) is 0 Å². The normalized spacial score (nSPS) is 10.6. The van der Waals surface area contributed by atoms with E-state index in [1.807, 2.05) is 48.5 Å². The van der Waals surface area contributed by atoms with Crippen molar-refractivity contribution >= 4 is 44.8 Å². The van der Waals surface area contributed by atoms with Crippen molar-refractivity contribution in [3.63, 3.8) is 0 Å². The molecule has 0 aliphatic rings. The number of hydrogen-bond donors (Lipinski definition) is 2. The average molecular weight is 347 g/mol. The first-order valence-electron chi connectivity index (χ1n) is 7.58. The second-order valence-electron chi connectivity index (χ2n) is 5.24. The molecule has 0 spiro atoms. The molecule has 0 saturated heterocycles. The fourth-order valence-electron chi connectivity index (χ4n) is 2.33. The highest BCUT2D eigenvalue weighted by atomic mass is 32.1. The first kappa shape index (κ1) is 15.2. The molecular formula is C18H13N5OS. The Kier molecular flexibility index (Phi) is 4.05. The molecule has 6 nitrogen and oxygen atoms in total. The summed E-state index contributed by atoms with van der Waals surface area (Å²) in [5.41, 5.74) is 1.95. The van der Waals surface area contributed by atoms with Gasteiger partial charge in [0.2, 0.25) is 0 Å². The van der Waals surface area contributed by atoms with E-state index in [0.717, 1.165) is 10.9 Å². The number of pyridine rings is 2. The van der Waals surface area contributed by atoms with Crippen molar-refractivity contribution in [3.8, 4) is 0 Å². The Morgan fingerprint density at radius 1 is 1.00 bits per heavy atom. The summed E-state index contributed by atoms with van der Waals surface area (Å²) in [6, 6.07) is 15.0. The Morgan fingerprint density at radius 2 is 1.92 bits per heavy atom. The third kappa shape index (κ3) is 3.46. The van der Waals surface area contributed by atoms with Gasteiger partial charge in [-0.15, -0.1) is 11.3 Å². The van der Waals surface area contributed by atoms with Crippen LogP contribution in [0.1, 0.15) is 10.5 Å². The van der Waals surface area contributed by atoms with Crippen LogP contribution >= 0.6 is 11.3 Å². The van der Waals surface area contributed by atoms with Crippen LogP contribution in [0.3, 0.4) is 0 Å². The Bertz CT molecular complexity index is 1030. The Balaban J connectivity index is 1.49. The molecule has 0 atom stereocenters. The summed E-state index contributed by atoms with van der Waals surface area (Å²) in [5.74, 6) is 0.430. The van der Waals surface area contributed by atoms with Crippen LogP contribution in [0.5, 0.6) is 0 Å². The number of benzene rings is 1. The van der Waals surface area contributed by atoms with Crippen LogP contribution in [0.4, 0.5) is 16.6 Å². The van der Waals surface area contributed by atoms with Crippen LogP contribution in [-0.4, -0.2) is 20.9 Å². The molecule has 2 N–H and O–H groups in total. The monoisotopic (exact) mass is 347 g/mol. The number of aromatic nitrogens is 3. The molecule has 0 aliphatic carbocycles. The molecule has 0 unspecified atom stereocenters. The van der Waals surface area contributed by atoms with Crippen LogP contribution in [0, 0.1) is 0 Å². The van der Waals surface area contributed by atoms with E-state index >= 15 is 0 Å². The predicted molar refractivity (Wildman–Crippen MR) is 99.3 cm³/mol. The molecule has 0 bridgehead atoms. The maximum absolute atomic E-state index is 12.4. The lowest BCUT2D eigenvalue weighted by Gasteiger charge is -2.04. The zero-order valence-corrected chi connectivity index (χ0v) is 13.8. The second kappa shape index (κ2) is 6.66. The van der Waals surface area contributed by atoms with Crippen molar-refractivity contribution in [2.75, 3.05) is 10.6 Å². The number of amides is 1. The minimum absolute atomic E-state index is 0.256. The van der Waals surface area contributed by atoms with Gasteiger partial charge in [-0.2, -0.15) is 0 Å².